The number of allylic oxidation sites excluding steroid dienone is 1. The van der Waals surface area contributed by atoms with Crippen molar-refractivity contribution >= 4 is 11.5 Å². The van der Waals surface area contributed by atoms with Crippen molar-refractivity contribution in [3.63, 3.8) is 0 Å². The number of nitro groups is 1. The van der Waals surface area contributed by atoms with E-state index in [0.29, 0.717) is 11.3 Å². The monoisotopic (exact) mass is 247 g/mol. The number of hydrogen-bond acceptors (Lipinski definition) is 5. The van der Waals surface area contributed by atoms with Crippen molar-refractivity contribution in [1.29, 1.82) is 5.41 Å². The van der Waals surface area contributed by atoms with Crippen LogP contribution in [0, 0.1) is 15.5 Å². The van der Waals surface area contributed by atoms with E-state index in [1.807, 2.05) is 0 Å². The molecule has 0 saturated carbocycles. The van der Waals surface area contributed by atoms with Crippen LogP contribution >= 0.6 is 0 Å². The molecule has 0 atom stereocenters. The second kappa shape index (κ2) is 5.67. The largest absolute Gasteiger partial charge is 0.282 e. The van der Waals surface area contributed by atoms with Gasteiger partial charge in [-0.1, -0.05) is 11.8 Å². The molecule has 0 amide bonds. The predicted octanol–water partition coefficient (Wildman–Crippen LogP) is 2.75. The molecular formula is C11H13N5O2. The van der Waals surface area contributed by atoms with Gasteiger partial charge < -0.3 is 0 Å². The summed E-state index contributed by atoms with van der Waals surface area (Å²) in [5, 5.41) is 27.1. The first-order chi connectivity index (χ1) is 8.47. The van der Waals surface area contributed by atoms with Crippen LogP contribution in [-0.4, -0.2) is 22.8 Å². The van der Waals surface area contributed by atoms with Gasteiger partial charge in [0.15, 0.2) is 5.84 Å². The van der Waals surface area contributed by atoms with E-state index in [9.17, 15) is 10.1 Å². The van der Waals surface area contributed by atoms with Gasteiger partial charge in [0.1, 0.15) is 0 Å². The molecule has 0 aliphatic heterocycles. The highest BCUT2D eigenvalue weighted by atomic mass is 16.6. The quantitative estimate of drug-likeness (QED) is 0.291. The van der Waals surface area contributed by atoms with Gasteiger partial charge in [-0.3, -0.25) is 15.5 Å². The fourth-order valence-corrected chi connectivity index (χ4v) is 1.26. The lowest BCUT2D eigenvalue weighted by Gasteiger charge is -2.17. The topological polar surface area (TPSA) is 95.0 Å². The predicted molar refractivity (Wildman–Crippen MR) is 67.4 cm³/mol. The van der Waals surface area contributed by atoms with E-state index in [2.05, 4.69) is 16.9 Å². The molecule has 1 aromatic carbocycles. The SMILES string of the molecule is C=C(C)N(/N=N\C)C(=N)c1ccc([N+](=O)[O-])cc1. The van der Waals surface area contributed by atoms with Gasteiger partial charge in [-0.05, 0) is 19.1 Å². The van der Waals surface area contributed by atoms with Gasteiger partial charge in [0.05, 0.1) is 12.0 Å². The molecule has 1 aromatic rings. The molecule has 7 nitrogen and oxygen atoms in total. The Morgan fingerprint density at radius 3 is 2.39 bits per heavy atom. The summed E-state index contributed by atoms with van der Waals surface area (Å²) in [5.74, 6) is 0.0583. The second-order valence-electron chi connectivity index (χ2n) is 3.49. The van der Waals surface area contributed by atoms with Gasteiger partial charge in [0.2, 0.25) is 0 Å². The van der Waals surface area contributed by atoms with E-state index in [1.165, 1.54) is 36.3 Å². The molecule has 7 heteroatoms. The average Bonchev–Trinajstić information content (AvgIpc) is 2.35. The van der Waals surface area contributed by atoms with Crippen molar-refractivity contribution in [3.8, 4) is 0 Å². The van der Waals surface area contributed by atoms with Gasteiger partial charge in [-0.25, -0.2) is 5.01 Å². The molecule has 0 bridgehead atoms. The van der Waals surface area contributed by atoms with Crippen molar-refractivity contribution in [2.24, 2.45) is 10.3 Å². The van der Waals surface area contributed by atoms with E-state index in [4.69, 9.17) is 5.41 Å². The van der Waals surface area contributed by atoms with Crippen LogP contribution in [-0.2, 0) is 0 Å². The lowest BCUT2D eigenvalue weighted by atomic mass is 10.2. The van der Waals surface area contributed by atoms with Crippen molar-refractivity contribution in [2.45, 2.75) is 6.92 Å². The summed E-state index contributed by atoms with van der Waals surface area (Å²) in [6, 6.07) is 5.65. The third-order valence-corrected chi connectivity index (χ3v) is 2.10. The number of hydrogen-bond donors (Lipinski definition) is 1. The maximum atomic E-state index is 10.5. The van der Waals surface area contributed by atoms with Crippen LogP contribution in [0.15, 0.2) is 46.9 Å². The molecule has 0 fully saturated rings. The van der Waals surface area contributed by atoms with E-state index in [-0.39, 0.29) is 11.5 Å². The van der Waals surface area contributed by atoms with Crippen LogP contribution in [0.3, 0.4) is 0 Å². The van der Waals surface area contributed by atoms with Crippen molar-refractivity contribution in [1.82, 2.24) is 5.01 Å². The third-order valence-electron chi connectivity index (χ3n) is 2.10. The van der Waals surface area contributed by atoms with Crippen molar-refractivity contribution < 1.29 is 4.92 Å². The number of nitrogens with zero attached hydrogens (tertiary/aromatic N) is 4. The van der Waals surface area contributed by atoms with E-state index in [0.717, 1.165) is 0 Å². The first-order valence-corrected chi connectivity index (χ1v) is 5.06. The molecule has 1 rings (SSSR count). The molecule has 18 heavy (non-hydrogen) atoms. The molecule has 94 valence electrons. The zero-order valence-corrected chi connectivity index (χ0v) is 10.1. The van der Waals surface area contributed by atoms with Crippen LogP contribution in [0.2, 0.25) is 0 Å². The molecule has 0 aromatic heterocycles. The minimum Gasteiger partial charge on any atom is -0.282 e. The average molecular weight is 247 g/mol. The minimum atomic E-state index is -0.490. The number of nitrogens with one attached hydrogen (secondary N) is 1. The Balaban J connectivity index is 3.02. The summed E-state index contributed by atoms with van der Waals surface area (Å²) < 4.78 is 0. The Morgan fingerprint density at radius 2 is 2.00 bits per heavy atom. The first-order valence-electron chi connectivity index (χ1n) is 5.06. The van der Waals surface area contributed by atoms with Crippen LogP contribution < -0.4 is 0 Å². The zero-order chi connectivity index (χ0) is 13.7. The lowest BCUT2D eigenvalue weighted by molar-refractivity contribution is -0.384. The smallest absolute Gasteiger partial charge is 0.269 e. The van der Waals surface area contributed by atoms with Crippen molar-refractivity contribution in [3.05, 3.63) is 52.2 Å². The Hall–Kier alpha value is -2.57. The Kier molecular flexibility index (Phi) is 4.25. The van der Waals surface area contributed by atoms with Gasteiger partial charge in [0, 0.05) is 23.4 Å². The highest BCUT2D eigenvalue weighted by Crippen LogP contribution is 2.15. The standard InChI is InChI=1S/C11H13N5O2/c1-8(2)15(14-13-3)11(12)9-4-6-10(7-5-9)16(17)18/h4-7,12H,1H2,2-3H3/b12-11?,14-13-. The van der Waals surface area contributed by atoms with E-state index in [1.54, 1.807) is 6.92 Å². The molecule has 0 saturated heterocycles. The van der Waals surface area contributed by atoms with Crippen LogP contribution in [0.1, 0.15) is 12.5 Å². The fourth-order valence-electron chi connectivity index (χ4n) is 1.26. The number of benzene rings is 1. The minimum absolute atomic E-state index is 0.0226. The van der Waals surface area contributed by atoms with E-state index >= 15 is 0 Å². The summed E-state index contributed by atoms with van der Waals surface area (Å²) in [7, 11) is 1.49. The highest BCUT2D eigenvalue weighted by molar-refractivity contribution is 5.97. The van der Waals surface area contributed by atoms with E-state index < -0.39 is 4.92 Å². The van der Waals surface area contributed by atoms with Gasteiger partial charge >= 0.3 is 0 Å². The molecule has 1 N–H and O–H groups in total. The molecular weight excluding hydrogens is 234 g/mol. The maximum Gasteiger partial charge on any atom is 0.269 e. The number of rotatable bonds is 4. The molecule has 0 heterocycles. The van der Waals surface area contributed by atoms with Gasteiger partial charge in [-0.15, -0.1) is 0 Å². The molecule has 0 aliphatic rings. The summed E-state index contributed by atoms with van der Waals surface area (Å²) in [5.41, 5.74) is 1.01. The van der Waals surface area contributed by atoms with Gasteiger partial charge in [-0.2, -0.15) is 5.11 Å². The normalized spacial score (nSPS) is 10.3. The number of amidine groups is 1. The van der Waals surface area contributed by atoms with Crippen LogP contribution in [0.5, 0.6) is 0 Å². The molecule has 0 radical (unpaired) electrons. The summed E-state index contributed by atoms with van der Waals surface area (Å²) in [6.45, 7) is 5.38. The first kappa shape index (κ1) is 13.5. The molecule has 0 unspecified atom stereocenters. The summed E-state index contributed by atoms with van der Waals surface area (Å²) >= 11 is 0. The van der Waals surface area contributed by atoms with Crippen LogP contribution in [0.25, 0.3) is 0 Å². The highest BCUT2D eigenvalue weighted by Gasteiger charge is 2.13. The number of nitro benzene ring substituents is 1. The van der Waals surface area contributed by atoms with Crippen molar-refractivity contribution in [2.75, 3.05) is 7.05 Å². The lowest BCUT2D eigenvalue weighted by Crippen LogP contribution is -2.23. The Morgan fingerprint density at radius 1 is 1.44 bits per heavy atom. The third kappa shape index (κ3) is 2.97. The second-order valence-corrected chi connectivity index (χ2v) is 3.49. The summed E-state index contributed by atoms with van der Waals surface area (Å²) in [4.78, 5) is 10.0. The number of non-ortho nitro benzene ring substituents is 1. The zero-order valence-electron chi connectivity index (χ0n) is 10.1. The Bertz CT molecular complexity index is 507. The van der Waals surface area contributed by atoms with Crippen LogP contribution in [0.4, 0.5) is 5.69 Å². The maximum absolute atomic E-state index is 10.5. The molecule has 0 aliphatic carbocycles. The fraction of sp³-hybridized carbons (Fsp3) is 0.182. The Labute approximate surface area is 104 Å². The van der Waals surface area contributed by atoms with Gasteiger partial charge in [0.25, 0.3) is 5.69 Å². The molecule has 0 spiro atoms. The summed E-state index contributed by atoms with van der Waals surface area (Å²) in [6.07, 6.45) is 0.